The first-order chi connectivity index (χ1) is 7.79. The summed E-state index contributed by atoms with van der Waals surface area (Å²) in [6.07, 6.45) is 0. The molecule has 0 saturated carbocycles. The van der Waals surface area contributed by atoms with Crippen LogP contribution < -0.4 is 15.4 Å². The molecule has 3 N–H and O–H groups in total. The Hall–Kier alpha value is -1.49. The first kappa shape index (κ1) is 13.6. The van der Waals surface area contributed by atoms with Gasteiger partial charge in [-0.2, -0.15) is 0 Å². The molecule has 1 atom stereocenters. The Morgan fingerprint density at radius 2 is 2.06 bits per heavy atom. The molecule has 17 heavy (non-hydrogen) atoms. The van der Waals surface area contributed by atoms with Crippen molar-refractivity contribution in [2.75, 3.05) is 19.8 Å². The summed E-state index contributed by atoms with van der Waals surface area (Å²) in [5, 5.41) is 13.3. The van der Waals surface area contributed by atoms with Crippen LogP contribution in [0.15, 0.2) is 24.3 Å². The van der Waals surface area contributed by atoms with Crippen molar-refractivity contribution in [1.29, 1.82) is 5.41 Å². The fraction of sp³-hybridized carbons (Fsp3) is 0.364. The molecule has 1 aromatic rings. The van der Waals surface area contributed by atoms with Crippen LogP contribution in [0, 0.1) is 5.41 Å². The number of halogens is 2. The molecule has 0 aromatic heterocycles. The number of nitrogens with one attached hydrogen (secondary N) is 3. The van der Waals surface area contributed by atoms with Gasteiger partial charge in [-0.05, 0) is 17.7 Å². The lowest BCUT2D eigenvalue weighted by Crippen LogP contribution is -2.22. The zero-order valence-corrected chi connectivity index (χ0v) is 10.0. The van der Waals surface area contributed by atoms with Crippen LogP contribution in [0.5, 0.6) is 5.75 Å². The maximum atomic E-state index is 11.9. The minimum absolute atomic E-state index is 0. The van der Waals surface area contributed by atoms with Crippen LogP contribution in [0.3, 0.4) is 0 Å². The van der Waals surface area contributed by atoms with Gasteiger partial charge in [-0.15, -0.1) is 12.4 Å². The molecule has 0 aliphatic carbocycles. The molecule has 0 bridgehead atoms. The summed E-state index contributed by atoms with van der Waals surface area (Å²) in [4.78, 5) is 0. The van der Waals surface area contributed by atoms with Crippen LogP contribution in [0.25, 0.3) is 0 Å². The average Bonchev–Trinajstić information content (AvgIpc) is 2.74. The summed E-state index contributed by atoms with van der Waals surface area (Å²) in [6.45, 7) is 0.323. The highest BCUT2D eigenvalue weighted by atomic mass is 35.5. The van der Waals surface area contributed by atoms with E-state index in [1.807, 2.05) is 24.3 Å². The van der Waals surface area contributed by atoms with Crippen molar-refractivity contribution in [2.45, 2.75) is 6.04 Å². The molecule has 0 amide bonds. The Bertz CT molecular complexity index is 371. The lowest BCUT2D eigenvalue weighted by molar-refractivity contribution is 0.273. The lowest BCUT2D eigenvalue weighted by atomic mass is 10.1. The zero-order chi connectivity index (χ0) is 11.4. The molecule has 1 unspecified atom stereocenters. The smallest absolute Gasteiger partial charge is 0.189 e. The Labute approximate surface area is 105 Å². The quantitative estimate of drug-likeness (QED) is 0.770. The van der Waals surface area contributed by atoms with Gasteiger partial charge in [0.1, 0.15) is 19.0 Å². The van der Waals surface area contributed by atoms with Gasteiger partial charge in [0.2, 0.25) is 0 Å². The van der Waals surface area contributed by atoms with Gasteiger partial charge >= 0.3 is 0 Å². The molecule has 1 saturated heterocycles. The van der Waals surface area contributed by atoms with E-state index in [1.165, 1.54) is 0 Å². The van der Waals surface area contributed by atoms with Crippen LogP contribution in [0.2, 0.25) is 0 Å². The van der Waals surface area contributed by atoms with E-state index in [0.29, 0.717) is 18.3 Å². The highest BCUT2D eigenvalue weighted by Crippen LogP contribution is 2.19. The second-order valence-corrected chi connectivity index (χ2v) is 3.56. The number of alkyl halides is 1. The number of ether oxygens (including phenoxy) is 1. The topological polar surface area (TPSA) is 57.1 Å². The third-order valence-corrected chi connectivity index (χ3v) is 2.43. The molecule has 1 aliphatic heterocycles. The summed E-state index contributed by atoms with van der Waals surface area (Å²) in [6, 6.07) is 7.60. The fourth-order valence-corrected chi connectivity index (χ4v) is 1.63. The number of hydrogen-bond acceptors (Lipinski definition) is 2. The van der Waals surface area contributed by atoms with Crippen LogP contribution in [0.4, 0.5) is 4.39 Å². The summed E-state index contributed by atoms with van der Waals surface area (Å²) in [5.41, 5.74) is 1.09. The van der Waals surface area contributed by atoms with Crippen LogP contribution in [-0.2, 0) is 0 Å². The van der Waals surface area contributed by atoms with Crippen LogP contribution >= 0.6 is 12.4 Å². The van der Waals surface area contributed by atoms with E-state index >= 15 is 0 Å². The number of rotatable bonds is 4. The summed E-state index contributed by atoms with van der Waals surface area (Å²) < 4.78 is 17.0. The van der Waals surface area contributed by atoms with Crippen molar-refractivity contribution in [1.82, 2.24) is 10.6 Å². The standard InChI is InChI=1S/C11H14FN3O.ClH/c12-5-6-16-9-3-1-8(2-4-9)10-7-14-11(13)15-10;/h1-4,10H,5-7H2,(H3,13,14,15);1H. The van der Waals surface area contributed by atoms with Crippen molar-refractivity contribution in [3.05, 3.63) is 29.8 Å². The van der Waals surface area contributed by atoms with Gasteiger partial charge in [0, 0.05) is 6.54 Å². The van der Waals surface area contributed by atoms with E-state index in [2.05, 4.69) is 10.6 Å². The highest BCUT2D eigenvalue weighted by molar-refractivity contribution is 5.85. The van der Waals surface area contributed by atoms with Crippen molar-refractivity contribution >= 4 is 18.4 Å². The Kier molecular flexibility index (Phi) is 5.03. The van der Waals surface area contributed by atoms with E-state index in [1.54, 1.807) is 0 Å². The molecule has 1 aliphatic rings. The minimum atomic E-state index is -0.479. The van der Waals surface area contributed by atoms with Gasteiger partial charge in [0.25, 0.3) is 0 Å². The SMILES string of the molecule is Cl.N=C1NCC(c2ccc(OCCF)cc2)N1. The van der Waals surface area contributed by atoms with E-state index in [-0.39, 0.29) is 25.1 Å². The zero-order valence-electron chi connectivity index (χ0n) is 9.20. The summed E-state index contributed by atoms with van der Waals surface area (Å²) in [7, 11) is 0. The van der Waals surface area contributed by atoms with Gasteiger partial charge in [-0.25, -0.2) is 4.39 Å². The predicted octanol–water partition coefficient (Wildman–Crippen LogP) is 1.63. The predicted molar refractivity (Wildman–Crippen MR) is 66.8 cm³/mol. The number of guanidine groups is 1. The Morgan fingerprint density at radius 1 is 1.35 bits per heavy atom. The van der Waals surface area contributed by atoms with Gasteiger partial charge in [0.15, 0.2) is 5.96 Å². The summed E-state index contributed by atoms with van der Waals surface area (Å²) in [5.74, 6) is 1.02. The highest BCUT2D eigenvalue weighted by Gasteiger charge is 2.18. The van der Waals surface area contributed by atoms with Crippen molar-refractivity contribution in [3.63, 3.8) is 0 Å². The Morgan fingerprint density at radius 3 is 2.59 bits per heavy atom. The van der Waals surface area contributed by atoms with E-state index in [4.69, 9.17) is 10.1 Å². The molecular weight excluding hydrogens is 245 g/mol. The van der Waals surface area contributed by atoms with E-state index in [0.717, 1.165) is 5.56 Å². The van der Waals surface area contributed by atoms with E-state index in [9.17, 15) is 4.39 Å². The minimum Gasteiger partial charge on any atom is -0.491 e. The first-order valence-electron chi connectivity index (χ1n) is 5.17. The van der Waals surface area contributed by atoms with Gasteiger partial charge in [0.05, 0.1) is 6.04 Å². The van der Waals surface area contributed by atoms with Gasteiger partial charge in [-0.1, -0.05) is 12.1 Å². The molecule has 94 valence electrons. The van der Waals surface area contributed by atoms with Crippen LogP contribution in [0.1, 0.15) is 11.6 Å². The summed E-state index contributed by atoms with van der Waals surface area (Å²) >= 11 is 0. The van der Waals surface area contributed by atoms with Gasteiger partial charge in [-0.3, -0.25) is 5.41 Å². The second kappa shape index (κ2) is 6.30. The molecule has 1 heterocycles. The van der Waals surface area contributed by atoms with Crippen molar-refractivity contribution in [3.8, 4) is 5.75 Å². The van der Waals surface area contributed by atoms with Gasteiger partial charge < -0.3 is 15.4 Å². The first-order valence-corrected chi connectivity index (χ1v) is 5.17. The van der Waals surface area contributed by atoms with Crippen LogP contribution in [-0.4, -0.2) is 25.8 Å². The monoisotopic (exact) mass is 259 g/mol. The molecule has 2 rings (SSSR count). The number of benzene rings is 1. The molecular formula is C11H15ClFN3O. The fourth-order valence-electron chi connectivity index (χ4n) is 1.63. The third kappa shape index (κ3) is 3.49. The number of hydrogen-bond donors (Lipinski definition) is 3. The molecule has 0 spiro atoms. The molecule has 1 aromatic carbocycles. The maximum Gasteiger partial charge on any atom is 0.189 e. The molecule has 4 nitrogen and oxygen atoms in total. The second-order valence-electron chi connectivity index (χ2n) is 3.56. The average molecular weight is 260 g/mol. The Balaban J connectivity index is 0.00000144. The third-order valence-electron chi connectivity index (χ3n) is 2.43. The largest absolute Gasteiger partial charge is 0.491 e. The van der Waals surface area contributed by atoms with Crippen molar-refractivity contribution < 1.29 is 9.13 Å². The maximum absolute atomic E-state index is 11.9. The lowest BCUT2D eigenvalue weighted by Gasteiger charge is -2.10. The van der Waals surface area contributed by atoms with Crippen molar-refractivity contribution in [2.24, 2.45) is 0 Å². The normalized spacial score (nSPS) is 17.9. The van der Waals surface area contributed by atoms with E-state index < -0.39 is 6.67 Å². The molecule has 1 fully saturated rings. The molecule has 6 heteroatoms. The molecule has 0 radical (unpaired) electrons.